The molecule has 0 amide bonds. The lowest BCUT2D eigenvalue weighted by atomic mass is 9.80. The zero-order valence-electron chi connectivity index (χ0n) is 10.1. The first-order valence-corrected chi connectivity index (χ1v) is 5.63. The van der Waals surface area contributed by atoms with Crippen molar-refractivity contribution in [1.82, 2.24) is 0 Å². The molecule has 0 aliphatic rings. The highest BCUT2D eigenvalue weighted by Gasteiger charge is 2.26. The van der Waals surface area contributed by atoms with Gasteiger partial charge in [-0.15, -0.1) is 0 Å². The van der Waals surface area contributed by atoms with Gasteiger partial charge in [0.2, 0.25) is 0 Å². The molecule has 1 rings (SSSR count). The first-order valence-electron chi connectivity index (χ1n) is 5.63. The Kier molecular flexibility index (Phi) is 4.77. The zero-order chi connectivity index (χ0) is 12.0. The van der Waals surface area contributed by atoms with E-state index in [4.69, 9.17) is 10.5 Å². The van der Waals surface area contributed by atoms with Crippen LogP contribution in [0.1, 0.15) is 18.9 Å². The number of aliphatic hydroxyl groups is 1. The summed E-state index contributed by atoms with van der Waals surface area (Å²) in [5.41, 5.74) is 6.71. The maximum atomic E-state index is 9.45. The molecule has 90 valence electrons. The Morgan fingerprint density at radius 1 is 1.44 bits per heavy atom. The van der Waals surface area contributed by atoms with Crippen LogP contribution in [-0.2, 0) is 6.42 Å². The summed E-state index contributed by atoms with van der Waals surface area (Å²) in [7, 11) is 1.65. The van der Waals surface area contributed by atoms with E-state index in [1.54, 1.807) is 7.11 Å². The van der Waals surface area contributed by atoms with Gasteiger partial charge in [-0.2, -0.15) is 0 Å². The lowest BCUT2D eigenvalue weighted by Crippen LogP contribution is -2.35. The van der Waals surface area contributed by atoms with Gasteiger partial charge in [-0.3, -0.25) is 0 Å². The highest BCUT2D eigenvalue weighted by molar-refractivity contribution is 5.29. The summed E-state index contributed by atoms with van der Waals surface area (Å²) in [6.07, 6.45) is 1.66. The third kappa shape index (κ3) is 2.97. The molecule has 16 heavy (non-hydrogen) atoms. The molecule has 3 nitrogen and oxygen atoms in total. The SMILES string of the molecule is CCC(CN)(CO)Cc1cccc(OC)c1. The Balaban J connectivity index is 2.84. The number of rotatable bonds is 6. The van der Waals surface area contributed by atoms with Crippen molar-refractivity contribution in [1.29, 1.82) is 0 Å². The van der Waals surface area contributed by atoms with Gasteiger partial charge in [0.1, 0.15) is 5.75 Å². The van der Waals surface area contributed by atoms with E-state index in [9.17, 15) is 5.11 Å². The summed E-state index contributed by atoms with van der Waals surface area (Å²) < 4.78 is 5.18. The van der Waals surface area contributed by atoms with Crippen LogP contribution < -0.4 is 10.5 Å². The smallest absolute Gasteiger partial charge is 0.119 e. The fourth-order valence-corrected chi connectivity index (χ4v) is 1.79. The molecule has 0 heterocycles. The molecule has 0 aliphatic heterocycles. The molecule has 0 radical (unpaired) electrons. The van der Waals surface area contributed by atoms with Crippen LogP contribution in [0.4, 0.5) is 0 Å². The van der Waals surface area contributed by atoms with Gasteiger partial charge in [0.05, 0.1) is 13.7 Å². The molecule has 3 N–H and O–H groups in total. The van der Waals surface area contributed by atoms with Crippen molar-refractivity contribution in [3.63, 3.8) is 0 Å². The van der Waals surface area contributed by atoms with Crippen LogP contribution in [0.5, 0.6) is 5.75 Å². The molecule has 0 saturated carbocycles. The summed E-state index contributed by atoms with van der Waals surface area (Å²) in [4.78, 5) is 0. The molecule has 1 aromatic rings. The first kappa shape index (κ1) is 13.0. The largest absolute Gasteiger partial charge is 0.497 e. The molecule has 0 aromatic heterocycles. The second-order valence-electron chi connectivity index (χ2n) is 4.24. The van der Waals surface area contributed by atoms with Crippen molar-refractivity contribution in [2.75, 3.05) is 20.3 Å². The van der Waals surface area contributed by atoms with Crippen LogP contribution in [0, 0.1) is 5.41 Å². The van der Waals surface area contributed by atoms with E-state index in [0.717, 1.165) is 24.2 Å². The molecule has 0 spiro atoms. The minimum absolute atomic E-state index is 0.122. The van der Waals surface area contributed by atoms with E-state index < -0.39 is 0 Å². The standard InChI is InChI=1S/C13H21NO2/c1-3-13(9-14,10-15)8-11-5-4-6-12(7-11)16-2/h4-7,15H,3,8-10,14H2,1-2H3. The van der Waals surface area contributed by atoms with Crippen molar-refractivity contribution in [3.8, 4) is 5.75 Å². The molecule has 1 aromatic carbocycles. The number of ether oxygens (including phenoxy) is 1. The third-order valence-electron chi connectivity index (χ3n) is 3.23. The summed E-state index contributed by atoms with van der Waals surface area (Å²) in [6, 6.07) is 7.91. The highest BCUT2D eigenvalue weighted by Crippen LogP contribution is 2.26. The minimum Gasteiger partial charge on any atom is -0.497 e. The van der Waals surface area contributed by atoms with Crippen LogP contribution in [0.25, 0.3) is 0 Å². The van der Waals surface area contributed by atoms with Crippen molar-refractivity contribution in [3.05, 3.63) is 29.8 Å². The van der Waals surface area contributed by atoms with Crippen LogP contribution in [0.3, 0.4) is 0 Å². The van der Waals surface area contributed by atoms with E-state index >= 15 is 0 Å². The Bertz CT molecular complexity index is 313. The molecule has 0 fully saturated rings. The fourth-order valence-electron chi connectivity index (χ4n) is 1.79. The van der Waals surface area contributed by atoms with Gasteiger partial charge < -0.3 is 15.6 Å². The monoisotopic (exact) mass is 223 g/mol. The number of hydrogen-bond acceptors (Lipinski definition) is 3. The van der Waals surface area contributed by atoms with Crippen LogP contribution in [-0.4, -0.2) is 25.4 Å². The third-order valence-corrected chi connectivity index (χ3v) is 3.23. The van der Waals surface area contributed by atoms with Crippen molar-refractivity contribution < 1.29 is 9.84 Å². The summed E-state index contributed by atoms with van der Waals surface area (Å²) in [5.74, 6) is 0.845. The number of hydrogen-bond donors (Lipinski definition) is 2. The molecule has 0 bridgehead atoms. The van der Waals surface area contributed by atoms with Gasteiger partial charge in [-0.05, 0) is 30.5 Å². The van der Waals surface area contributed by atoms with Gasteiger partial charge in [-0.25, -0.2) is 0 Å². The van der Waals surface area contributed by atoms with E-state index in [1.807, 2.05) is 24.3 Å². The van der Waals surface area contributed by atoms with Crippen LogP contribution >= 0.6 is 0 Å². The summed E-state index contributed by atoms with van der Waals surface area (Å²) >= 11 is 0. The van der Waals surface area contributed by atoms with Crippen molar-refractivity contribution in [2.45, 2.75) is 19.8 Å². The second-order valence-corrected chi connectivity index (χ2v) is 4.24. The number of benzene rings is 1. The molecule has 1 unspecified atom stereocenters. The normalized spacial score (nSPS) is 14.5. The fraction of sp³-hybridized carbons (Fsp3) is 0.538. The topological polar surface area (TPSA) is 55.5 Å². The predicted molar refractivity (Wildman–Crippen MR) is 65.6 cm³/mol. The van der Waals surface area contributed by atoms with Gasteiger partial charge in [0.25, 0.3) is 0 Å². The maximum Gasteiger partial charge on any atom is 0.119 e. The Labute approximate surface area is 97.2 Å². The average molecular weight is 223 g/mol. The lowest BCUT2D eigenvalue weighted by molar-refractivity contribution is 0.127. The molecule has 0 aliphatic carbocycles. The summed E-state index contributed by atoms with van der Waals surface area (Å²) in [5, 5.41) is 9.45. The van der Waals surface area contributed by atoms with E-state index in [1.165, 1.54) is 0 Å². The molecule has 1 atom stereocenters. The number of nitrogens with two attached hydrogens (primary N) is 1. The van der Waals surface area contributed by atoms with Gasteiger partial charge in [0.15, 0.2) is 0 Å². The summed E-state index contributed by atoms with van der Waals surface area (Å²) in [6.45, 7) is 2.68. The van der Waals surface area contributed by atoms with Crippen LogP contribution in [0.15, 0.2) is 24.3 Å². The van der Waals surface area contributed by atoms with Crippen LogP contribution in [0.2, 0.25) is 0 Å². The van der Waals surface area contributed by atoms with Gasteiger partial charge >= 0.3 is 0 Å². The van der Waals surface area contributed by atoms with E-state index in [2.05, 4.69) is 6.92 Å². The van der Waals surface area contributed by atoms with E-state index in [0.29, 0.717) is 6.54 Å². The molecule has 0 saturated heterocycles. The van der Waals surface area contributed by atoms with Gasteiger partial charge in [-0.1, -0.05) is 19.1 Å². The first-order chi connectivity index (χ1) is 7.69. The minimum atomic E-state index is -0.202. The van der Waals surface area contributed by atoms with Gasteiger partial charge in [0, 0.05) is 12.0 Å². The lowest BCUT2D eigenvalue weighted by Gasteiger charge is -2.29. The van der Waals surface area contributed by atoms with Crippen molar-refractivity contribution in [2.24, 2.45) is 11.1 Å². The maximum absolute atomic E-state index is 9.45. The average Bonchev–Trinajstić information content (AvgIpc) is 2.36. The van der Waals surface area contributed by atoms with E-state index in [-0.39, 0.29) is 12.0 Å². The predicted octanol–water partition coefficient (Wildman–Crippen LogP) is 1.59. The molecule has 3 heteroatoms. The number of aliphatic hydroxyl groups excluding tert-OH is 1. The second kappa shape index (κ2) is 5.87. The van der Waals surface area contributed by atoms with Crippen molar-refractivity contribution >= 4 is 0 Å². The zero-order valence-corrected chi connectivity index (χ0v) is 10.1. The molecular formula is C13H21NO2. The Morgan fingerprint density at radius 2 is 2.19 bits per heavy atom. The highest BCUT2D eigenvalue weighted by atomic mass is 16.5. The number of methoxy groups -OCH3 is 1. The Morgan fingerprint density at radius 3 is 2.69 bits per heavy atom. The Hall–Kier alpha value is -1.06. The quantitative estimate of drug-likeness (QED) is 0.770. The molecular weight excluding hydrogens is 202 g/mol.